The van der Waals surface area contributed by atoms with Gasteiger partial charge in [-0.1, -0.05) is 37.3 Å². The highest BCUT2D eigenvalue weighted by Gasteiger charge is 2.29. The summed E-state index contributed by atoms with van der Waals surface area (Å²) in [7, 11) is 0. The zero-order chi connectivity index (χ0) is 14.8. The number of hydrogen-bond donors (Lipinski definition) is 1. The largest absolute Gasteiger partial charge is 0.379 e. The second-order valence-corrected chi connectivity index (χ2v) is 5.82. The second kappa shape index (κ2) is 5.68. The van der Waals surface area contributed by atoms with Crippen LogP contribution < -0.4 is 5.73 Å². The highest BCUT2D eigenvalue weighted by atomic mass is 16.2. The summed E-state index contributed by atoms with van der Waals surface area (Å²) in [5.74, 6) is 1.14. The number of amidine groups is 2. The van der Waals surface area contributed by atoms with Crippen LogP contribution in [-0.4, -0.2) is 35.6 Å². The molecule has 1 aromatic rings. The summed E-state index contributed by atoms with van der Waals surface area (Å²) in [6.07, 6.45) is 1.69. The molecule has 2 aliphatic heterocycles. The first-order chi connectivity index (χ1) is 10.1. The Morgan fingerprint density at radius 2 is 2.05 bits per heavy atom. The molecule has 1 fully saturated rings. The number of nitrogens with two attached hydrogens (primary N) is 1. The van der Waals surface area contributed by atoms with Gasteiger partial charge < -0.3 is 10.6 Å². The van der Waals surface area contributed by atoms with Crippen LogP contribution in [0.5, 0.6) is 0 Å². The molecule has 0 radical (unpaired) electrons. The van der Waals surface area contributed by atoms with Crippen molar-refractivity contribution < 1.29 is 4.79 Å². The van der Waals surface area contributed by atoms with Crippen LogP contribution in [0.25, 0.3) is 0 Å². The predicted molar refractivity (Wildman–Crippen MR) is 83.2 cm³/mol. The first kappa shape index (κ1) is 13.8. The molecule has 21 heavy (non-hydrogen) atoms. The lowest BCUT2D eigenvalue weighted by molar-refractivity contribution is -0.129. The Hall–Kier alpha value is -2.17. The molecule has 3 rings (SSSR count). The van der Waals surface area contributed by atoms with Crippen LogP contribution in [-0.2, 0) is 4.79 Å². The molecule has 1 aromatic carbocycles. The third-order valence-corrected chi connectivity index (χ3v) is 3.95. The van der Waals surface area contributed by atoms with Crippen LogP contribution in [0, 0.1) is 5.92 Å². The maximum Gasteiger partial charge on any atom is 0.289 e. The molecule has 0 aromatic heterocycles. The van der Waals surface area contributed by atoms with Crippen molar-refractivity contribution in [1.29, 1.82) is 0 Å². The van der Waals surface area contributed by atoms with Crippen LogP contribution in [0.2, 0.25) is 0 Å². The highest BCUT2D eigenvalue weighted by molar-refractivity contribution is 6.39. The molecule has 0 saturated carbocycles. The number of benzene rings is 1. The average molecular weight is 284 g/mol. The monoisotopic (exact) mass is 284 g/mol. The summed E-state index contributed by atoms with van der Waals surface area (Å²) < 4.78 is 0. The molecule has 0 spiro atoms. The molecule has 2 N–H and O–H groups in total. The van der Waals surface area contributed by atoms with Crippen molar-refractivity contribution in [2.24, 2.45) is 21.6 Å². The molecular weight excluding hydrogens is 264 g/mol. The van der Waals surface area contributed by atoms with Crippen molar-refractivity contribution in [3.63, 3.8) is 0 Å². The normalized spacial score (nSPS) is 22.9. The minimum atomic E-state index is -0.168. The third kappa shape index (κ3) is 2.96. The molecule has 1 saturated heterocycles. The number of aliphatic imine (C=N–C) groups is 2. The average Bonchev–Trinajstić information content (AvgIpc) is 2.92. The lowest BCUT2D eigenvalue weighted by atomic mass is 10.0. The van der Waals surface area contributed by atoms with Crippen molar-refractivity contribution >= 4 is 17.6 Å². The Kier molecular flexibility index (Phi) is 3.73. The van der Waals surface area contributed by atoms with E-state index in [9.17, 15) is 4.79 Å². The molecule has 1 unspecified atom stereocenters. The van der Waals surface area contributed by atoms with E-state index >= 15 is 0 Å². The van der Waals surface area contributed by atoms with E-state index < -0.39 is 0 Å². The van der Waals surface area contributed by atoms with Crippen LogP contribution in [0.3, 0.4) is 0 Å². The van der Waals surface area contributed by atoms with E-state index in [-0.39, 0.29) is 17.8 Å². The van der Waals surface area contributed by atoms with Crippen LogP contribution in [0.1, 0.15) is 31.4 Å². The Morgan fingerprint density at radius 3 is 2.71 bits per heavy atom. The van der Waals surface area contributed by atoms with Gasteiger partial charge in [-0.25, -0.2) is 4.99 Å². The SMILES string of the molecule is CC1CN(C(=O)C(N)=NC2=NC(c3ccccc3)CC2)C1. The van der Waals surface area contributed by atoms with Crippen molar-refractivity contribution in [2.75, 3.05) is 13.1 Å². The summed E-state index contributed by atoms with van der Waals surface area (Å²) in [6, 6.07) is 10.3. The molecule has 0 bridgehead atoms. The van der Waals surface area contributed by atoms with E-state index in [0.29, 0.717) is 11.8 Å². The van der Waals surface area contributed by atoms with Gasteiger partial charge >= 0.3 is 0 Å². The number of likely N-dealkylation sites (tertiary alicyclic amines) is 1. The fourth-order valence-electron chi connectivity index (χ4n) is 2.79. The maximum atomic E-state index is 12.0. The Bertz CT molecular complexity index is 588. The molecular formula is C16H20N4O. The smallest absolute Gasteiger partial charge is 0.289 e. The zero-order valence-electron chi connectivity index (χ0n) is 12.2. The quantitative estimate of drug-likeness (QED) is 0.630. The molecule has 2 aliphatic rings. The van der Waals surface area contributed by atoms with Gasteiger partial charge in [0.25, 0.3) is 5.91 Å². The molecule has 1 atom stereocenters. The Balaban J connectivity index is 1.67. The van der Waals surface area contributed by atoms with Gasteiger partial charge in [-0.05, 0) is 17.9 Å². The van der Waals surface area contributed by atoms with E-state index in [2.05, 4.69) is 29.0 Å². The summed E-state index contributed by atoms with van der Waals surface area (Å²) in [6.45, 7) is 3.66. The fraction of sp³-hybridized carbons (Fsp3) is 0.438. The van der Waals surface area contributed by atoms with Gasteiger partial charge in [0.05, 0.1) is 6.04 Å². The highest BCUT2D eigenvalue weighted by Crippen LogP contribution is 2.29. The van der Waals surface area contributed by atoms with E-state index in [4.69, 9.17) is 5.73 Å². The third-order valence-electron chi connectivity index (χ3n) is 3.95. The minimum absolute atomic E-state index is 0.0642. The molecule has 110 valence electrons. The van der Waals surface area contributed by atoms with Crippen LogP contribution in [0.15, 0.2) is 40.3 Å². The second-order valence-electron chi connectivity index (χ2n) is 5.82. The summed E-state index contributed by atoms with van der Waals surface area (Å²) in [5.41, 5.74) is 7.00. The maximum absolute atomic E-state index is 12.0. The van der Waals surface area contributed by atoms with E-state index in [0.717, 1.165) is 25.9 Å². The molecule has 2 heterocycles. The molecule has 5 nitrogen and oxygen atoms in total. The van der Waals surface area contributed by atoms with Crippen molar-refractivity contribution in [2.45, 2.75) is 25.8 Å². The number of carbonyl (C=O) groups excluding carboxylic acids is 1. The predicted octanol–water partition coefficient (Wildman–Crippen LogP) is 1.76. The van der Waals surface area contributed by atoms with Crippen LogP contribution >= 0.6 is 0 Å². The number of hydrogen-bond acceptors (Lipinski definition) is 3. The van der Waals surface area contributed by atoms with Gasteiger partial charge in [0.15, 0.2) is 5.84 Å². The minimum Gasteiger partial charge on any atom is -0.379 e. The van der Waals surface area contributed by atoms with E-state index in [1.807, 2.05) is 18.2 Å². The topological polar surface area (TPSA) is 71.0 Å². The number of amides is 1. The first-order valence-electron chi connectivity index (χ1n) is 7.38. The van der Waals surface area contributed by atoms with Gasteiger partial charge in [-0.15, -0.1) is 0 Å². The standard InChI is InChI=1S/C16H20N4O/c1-11-9-20(10-11)16(21)15(17)19-14-8-7-13(18-14)12-5-3-2-4-6-12/h2-6,11,13H,7-10H2,1H3,(H2,17,18,19). The Morgan fingerprint density at radius 1 is 1.33 bits per heavy atom. The lowest BCUT2D eigenvalue weighted by Gasteiger charge is -2.36. The number of nitrogens with zero attached hydrogens (tertiary/aromatic N) is 3. The Labute approximate surface area is 124 Å². The summed E-state index contributed by atoms with van der Waals surface area (Å²) in [4.78, 5) is 22.6. The fourth-order valence-corrected chi connectivity index (χ4v) is 2.79. The van der Waals surface area contributed by atoms with Gasteiger partial charge in [-0.3, -0.25) is 9.79 Å². The number of carbonyl (C=O) groups is 1. The van der Waals surface area contributed by atoms with Crippen molar-refractivity contribution in [3.05, 3.63) is 35.9 Å². The van der Waals surface area contributed by atoms with Crippen LogP contribution in [0.4, 0.5) is 0 Å². The van der Waals surface area contributed by atoms with Crippen molar-refractivity contribution in [3.8, 4) is 0 Å². The van der Waals surface area contributed by atoms with Gasteiger partial charge in [0, 0.05) is 19.5 Å². The van der Waals surface area contributed by atoms with Gasteiger partial charge in [0.1, 0.15) is 5.84 Å². The van der Waals surface area contributed by atoms with Crippen molar-refractivity contribution in [1.82, 2.24) is 4.90 Å². The summed E-state index contributed by atoms with van der Waals surface area (Å²) >= 11 is 0. The van der Waals surface area contributed by atoms with Gasteiger partial charge in [0.2, 0.25) is 0 Å². The molecule has 5 heteroatoms. The van der Waals surface area contributed by atoms with E-state index in [1.54, 1.807) is 4.90 Å². The zero-order valence-corrected chi connectivity index (χ0v) is 12.2. The first-order valence-corrected chi connectivity index (χ1v) is 7.38. The summed E-state index contributed by atoms with van der Waals surface area (Å²) in [5, 5.41) is 0. The van der Waals surface area contributed by atoms with E-state index in [1.165, 1.54) is 5.56 Å². The molecule has 1 amide bonds. The lowest BCUT2D eigenvalue weighted by Crippen LogP contribution is -2.53. The molecule has 0 aliphatic carbocycles. The van der Waals surface area contributed by atoms with Gasteiger partial charge in [-0.2, -0.15) is 0 Å². The number of rotatable bonds is 1.